The van der Waals surface area contributed by atoms with Crippen molar-refractivity contribution >= 4 is 15.0 Å². The zero-order chi connectivity index (χ0) is 16.1. The Labute approximate surface area is 141 Å². The first-order valence-electron chi connectivity index (χ1n) is 8.90. The topological polar surface area (TPSA) is 47.8 Å². The molecular weight excluding hydrogens is 304 g/mol. The molecule has 0 aliphatic heterocycles. The van der Waals surface area contributed by atoms with E-state index < -0.39 is 7.14 Å². The Morgan fingerprint density at radius 1 is 1.09 bits per heavy atom. The first-order valence-corrected chi connectivity index (χ1v) is 10.9. The molecule has 2 aliphatic rings. The van der Waals surface area contributed by atoms with Gasteiger partial charge in [0.25, 0.3) is 0 Å². The molecule has 0 saturated heterocycles. The minimum atomic E-state index is -2.23. The van der Waals surface area contributed by atoms with Crippen molar-refractivity contribution in [2.24, 2.45) is 0 Å². The maximum Gasteiger partial charge on any atom is 0.155 e. The molecule has 0 spiro atoms. The molecule has 1 aromatic rings. The summed E-state index contributed by atoms with van der Waals surface area (Å²) in [6.45, 7) is 0. The van der Waals surface area contributed by atoms with Crippen molar-refractivity contribution in [3.8, 4) is 0 Å². The zero-order valence-electron chi connectivity index (χ0n) is 13.5. The van der Waals surface area contributed by atoms with Gasteiger partial charge >= 0.3 is 0 Å². The molecule has 0 aromatic carbocycles. The largest absolute Gasteiger partial charge is 0.321 e. The van der Waals surface area contributed by atoms with Crippen LogP contribution in [-0.4, -0.2) is 34.2 Å². The molecule has 0 bridgehead atoms. The number of hydrogen-bond donors (Lipinski definition) is 0. The molecule has 0 N–H and O–H groups in total. The van der Waals surface area contributed by atoms with E-state index in [1.54, 1.807) is 0 Å². The molecule has 6 heteroatoms. The van der Waals surface area contributed by atoms with E-state index >= 15 is 0 Å². The third kappa shape index (κ3) is 4.04. The first-order chi connectivity index (χ1) is 11.2. The van der Waals surface area contributed by atoms with E-state index in [1.807, 2.05) is 4.68 Å². The van der Waals surface area contributed by atoms with Crippen LogP contribution in [0.1, 0.15) is 69.9 Å². The summed E-state index contributed by atoms with van der Waals surface area (Å²) in [6, 6.07) is 0. The van der Waals surface area contributed by atoms with E-state index in [0.717, 1.165) is 12.1 Å². The lowest BCUT2D eigenvalue weighted by Gasteiger charge is -2.38. The van der Waals surface area contributed by atoms with Crippen LogP contribution < -0.4 is 0 Å². The Bertz CT molecular complexity index is 514. The van der Waals surface area contributed by atoms with Crippen molar-refractivity contribution in [1.29, 1.82) is 0 Å². The smallest absolute Gasteiger partial charge is 0.155 e. The molecule has 0 atom stereocenters. The fourth-order valence-corrected chi connectivity index (χ4v) is 8.42. The second kappa shape index (κ2) is 7.92. The van der Waals surface area contributed by atoms with Crippen molar-refractivity contribution in [2.75, 3.05) is 0 Å². The van der Waals surface area contributed by atoms with Gasteiger partial charge in [0.1, 0.15) is 12.8 Å². The van der Waals surface area contributed by atoms with E-state index in [1.165, 1.54) is 64.2 Å². The maximum absolute atomic E-state index is 14.2. The normalized spacial score (nSPS) is 21.4. The summed E-state index contributed by atoms with van der Waals surface area (Å²) in [5.74, 6) is 0. The summed E-state index contributed by atoms with van der Waals surface area (Å²) in [6.07, 6.45) is 18.4. The second-order valence-electron chi connectivity index (χ2n) is 7.03. The van der Waals surface area contributed by atoms with Crippen LogP contribution in [0.2, 0.25) is 0 Å². The highest BCUT2D eigenvalue weighted by Gasteiger charge is 2.41. The molecule has 4 nitrogen and oxygen atoms in total. The van der Waals surface area contributed by atoms with Crippen LogP contribution in [0.25, 0.3) is 0 Å². The molecule has 2 saturated carbocycles. The fraction of sp³-hybridized carbons (Fsp3) is 0.824. The molecule has 1 aromatic heterocycles. The number of nitrogens with zero attached hydrogens (tertiary/aromatic N) is 3. The highest BCUT2D eigenvalue weighted by Crippen LogP contribution is 2.63. The van der Waals surface area contributed by atoms with Crippen molar-refractivity contribution in [3.63, 3.8) is 0 Å². The molecular formula is C17H31BN3OP. The molecule has 3 rings (SSSR count). The fourth-order valence-electron chi connectivity index (χ4n) is 4.29. The Hall–Kier alpha value is -0.695. The van der Waals surface area contributed by atoms with Gasteiger partial charge in [0, 0.05) is 11.3 Å². The van der Waals surface area contributed by atoms with E-state index in [0.29, 0.717) is 25.5 Å². The second-order valence-corrected chi connectivity index (χ2v) is 10.5. The highest BCUT2D eigenvalue weighted by molar-refractivity contribution is 7.64. The van der Waals surface area contributed by atoms with Crippen LogP contribution in [0.5, 0.6) is 0 Å². The third-order valence-electron chi connectivity index (χ3n) is 5.55. The van der Waals surface area contributed by atoms with Gasteiger partial charge in [-0.15, -0.1) is 11.4 Å². The number of rotatable bonds is 6. The van der Waals surface area contributed by atoms with Crippen LogP contribution in [0.4, 0.5) is 0 Å². The van der Waals surface area contributed by atoms with Gasteiger partial charge in [-0.2, -0.15) is 0 Å². The third-order valence-corrected chi connectivity index (χ3v) is 9.78. The molecule has 1 heterocycles. The maximum atomic E-state index is 14.2. The molecule has 128 valence electrons. The predicted molar refractivity (Wildman–Crippen MR) is 99.3 cm³/mol. The van der Waals surface area contributed by atoms with Gasteiger partial charge in [-0.05, 0) is 25.7 Å². The monoisotopic (exact) mass is 335 g/mol. The SMILES string of the molecule is [BH3-][CH+]Cc1cn(CP(=O)(C2CCCCC2)C2CCCCC2)nn1. The average molecular weight is 335 g/mol. The summed E-state index contributed by atoms with van der Waals surface area (Å²) in [4.78, 5) is 0. The van der Waals surface area contributed by atoms with Crippen LogP contribution >= 0.6 is 7.14 Å². The first kappa shape index (κ1) is 17.1. The summed E-state index contributed by atoms with van der Waals surface area (Å²) in [5.41, 5.74) is 1.95. The standard InChI is InChI=1S/C17H31BN3OP/c18-12-11-15-13-21(20-19-15)14-23(22,16-7-3-1-4-8-16)17-9-5-2-6-10-17/h12-13,16-17H,1-11,14H2,18H3. The van der Waals surface area contributed by atoms with E-state index in [4.69, 9.17) is 0 Å². The summed E-state index contributed by atoms with van der Waals surface area (Å²) in [5, 5.41) is 8.59. The molecule has 0 amide bonds. The number of aromatic nitrogens is 3. The van der Waals surface area contributed by atoms with Crippen LogP contribution in [0.3, 0.4) is 0 Å². The summed E-state index contributed by atoms with van der Waals surface area (Å²) < 4.78 is 16.1. The van der Waals surface area contributed by atoms with E-state index in [2.05, 4.69) is 22.8 Å². The lowest BCUT2D eigenvalue weighted by Crippen LogP contribution is -2.26. The van der Waals surface area contributed by atoms with Gasteiger partial charge in [-0.1, -0.05) is 43.7 Å². The van der Waals surface area contributed by atoms with Gasteiger partial charge in [0.15, 0.2) is 7.85 Å². The Kier molecular flexibility index (Phi) is 5.90. The molecule has 2 fully saturated rings. The molecule has 23 heavy (non-hydrogen) atoms. The van der Waals surface area contributed by atoms with E-state index in [9.17, 15) is 4.57 Å². The molecule has 2 aliphatic carbocycles. The number of hydrogen-bond acceptors (Lipinski definition) is 3. The van der Waals surface area contributed by atoms with Gasteiger partial charge in [0.2, 0.25) is 0 Å². The van der Waals surface area contributed by atoms with Crippen molar-refractivity contribution in [1.82, 2.24) is 15.0 Å². The summed E-state index contributed by atoms with van der Waals surface area (Å²) in [7, 11) is -1.92. The van der Waals surface area contributed by atoms with Crippen LogP contribution in [0.15, 0.2) is 6.20 Å². The Morgan fingerprint density at radius 2 is 1.65 bits per heavy atom. The Balaban J connectivity index is 1.79. The quantitative estimate of drug-likeness (QED) is 0.455. The van der Waals surface area contributed by atoms with Crippen molar-refractivity contribution in [2.45, 2.75) is 88.2 Å². The predicted octanol–water partition coefficient (Wildman–Crippen LogP) is 3.33. The lowest BCUT2D eigenvalue weighted by atomic mass is 9.99. The van der Waals surface area contributed by atoms with Crippen molar-refractivity contribution in [3.05, 3.63) is 18.2 Å². The lowest BCUT2D eigenvalue weighted by molar-refractivity contribution is 0.439. The molecule has 0 radical (unpaired) electrons. The molecule has 0 unspecified atom stereocenters. The summed E-state index contributed by atoms with van der Waals surface area (Å²) >= 11 is 0. The van der Waals surface area contributed by atoms with Crippen LogP contribution in [0, 0.1) is 6.32 Å². The van der Waals surface area contributed by atoms with E-state index in [-0.39, 0.29) is 0 Å². The van der Waals surface area contributed by atoms with Gasteiger partial charge in [0.05, 0.1) is 18.9 Å². The Morgan fingerprint density at radius 3 is 2.17 bits per heavy atom. The van der Waals surface area contributed by atoms with Crippen molar-refractivity contribution < 1.29 is 4.57 Å². The van der Waals surface area contributed by atoms with Gasteiger partial charge < -0.3 is 4.57 Å². The minimum absolute atomic E-state index is 0.317. The average Bonchev–Trinajstić information content (AvgIpc) is 3.03. The van der Waals surface area contributed by atoms with Crippen LogP contribution in [-0.2, 0) is 17.3 Å². The minimum Gasteiger partial charge on any atom is -0.321 e. The highest BCUT2D eigenvalue weighted by atomic mass is 31.2. The van der Waals surface area contributed by atoms with Gasteiger partial charge in [-0.3, -0.25) is 0 Å². The zero-order valence-corrected chi connectivity index (χ0v) is 14.4. The van der Waals surface area contributed by atoms with Gasteiger partial charge in [-0.25, -0.2) is 4.68 Å².